The summed E-state index contributed by atoms with van der Waals surface area (Å²) < 4.78 is 5.29. The first-order valence-corrected chi connectivity index (χ1v) is 12.0. The summed E-state index contributed by atoms with van der Waals surface area (Å²) in [6.07, 6.45) is 2.22. The number of methoxy groups -OCH3 is 1. The number of para-hydroxylation sites is 1. The number of benzene rings is 2. The summed E-state index contributed by atoms with van der Waals surface area (Å²) in [6, 6.07) is 19.6. The summed E-state index contributed by atoms with van der Waals surface area (Å²) in [5, 5.41) is 10.1. The van der Waals surface area contributed by atoms with Crippen molar-refractivity contribution in [1.82, 2.24) is 15.0 Å². The van der Waals surface area contributed by atoms with Gasteiger partial charge in [0.25, 0.3) is 5.91 Å². The third-order valence-electron chi connectivity index (χ3n) is 5.31. The second-order valence-corrected chi connectivity index (χ2v) is 9.15. The zero-order valence-corrected chi connectivity index (χ0v) is 19.0. The van der Waals surface area contributed by atoms with Crippen LogP contribution in [0.25, 0.3) is 10.9 Å². The largest absolute Gasteiger partial charge is 0.497 e. The zero-order valence-electron chi connectivity index (χ0n) is 17.3. The number of carbonyl (C=O) groups excluding carboxylic acids is 1. The second kappa shape index (κ2) is 9.10. The molecule has 0 saturated heterocycles. The fourth-order valence-corrected chi connectivity index (χ4v) is 5.27. The van der Waals surface area contributed by atoms with Gasteiger partial charge in [0.05, 0.1) is 35.0 Å². The number of hydrogen-bond acceptors (Lipinski definition) is 7. The number of rotatable bonds is 6. The first-order valence-electron chi connectivity index (χ1n) is 10.1. The number of fused-ring (bicyclic) bond motifs is 1. The molecule has 2 aromatic heterocycles. The van der Waals surface area contributed by atoms with Crippen molar-refractivity contribution < 1.29 is 9.53 Å². The molecule has 3 heterocycles. The van der Waals surface area contributed by atoms with Crippen LogP contribution >= 0.6 is 23.1 Å². The van der Waals surface area contributed by atoms with E-state index in [1.807, 2.05) is 66.0 Å². The minimum Gasteiger partial charge on any atom is -0.497 e. The molecule has 0 bridgehead atoms. The topological polar surface area (TPSA) is 67.7 Å². The maximum atomic E-state index is 13.3. The Balaban J connectivity index is 1.40. The van der Waals surface area contributed by atoms with Gasteiger partial charge in [-0.15, -0.1) is 11.3 Å². The Labute approximate surface area is 194 Å². The molecule has 1 unspecified atom stereocenters. The SMILES string of the molecule is COc1ccc(C2CC(c3cccs3)=NN2C(=O)CSc2ncnc3ccccc23)cc1. The van der Waals surface area contributed by atoms with Crippen molar-refractivity contribution in [2.24, 2.45) is 5.10 Å². The van der Waals surface area contributed by atoms with E-state index in [9.17, 15) is 4.79 Å². The van der Waals surface area contributed by atoms with Gasteiger partial charge in [-0.05, 0) is 35.2 Å². The summed E-state index contributed by atoms with van der Waals surface area (Å²) in [5.74, 6) is 0.981. The first-order chi connectivity index (χ1) is 15.7. The van der Waals surface area contributed by atoms with Crippen molar-refractivity contribution in [3.8, 4) is 5.75 Å². The van der Waals surface area contributed by atoms with Crippen LogP contribution in [0.4, 0.5) is 0 Å². The highest BCUT2D eigenvalue weighted by Gasteiger charge is 2.33. The molecule has 2 aromatic carbocycles. The van der Waals surface area contributed by atoms with Crippen molar-refractivity contribution in [1.29, 1.82) is 0 Å². The Morgan fingerprint density at radius 2 is 1.97 bits per heavy atom. The van der Waals surface area contributed by atoms with Crippen molar-refractivity contribution in [2.45, 2.75) is 17.5 Å². The normalized spacial score (nSPS) is 15.7. The van der Waals surface area contributed by atoms with Gasteiger partial charge in [0.1, 0.15) is 17.1 Å². The summed E-state index contributed by atoms with van der Waals surface area (Å²) in [5.41, 5.74) is 2.84. The second-order valence-electron chi connectivity index (χ2n) is 7.24. The smallest absolute Gasteiger partial charge is 0.253 e. The molecule has 32 heavy (non-hydrogen) atoms. The van der Waals surface area contributed by atoms with Gasteiger partial charge in [-0.1, -0.05) is 48.2 Å². The van der Waals surface area contributed by atoms with E-state index in [0.717, 1.165) is 37.8 Å². The van der Waals surface area contributed by atoms with Gasteiger partial charge in [0.2, 0.25) is 0 Å². The highest BCUT2D eigenvalue weighted by molar-refractivity contribution is 8.00. The highest BCUT2D eigenvalue weighted by atomic mass is 32.2. The summed E-state index contributed by atoms with van der Waals surface area (Å²) in [7, 11) is 1.65. The third-order valence-corrected chi connectivity index (χ3v) is 7.22. The van der Waals surface area contributed by atoms with Gasteiger partial charge in [-0.3, -0.25) is 4.79 Å². The van der Waals surface area contributed by atoms with Crippen LogP contribution in [0.2, 0.25) is 0 Å². The molecule has 1 aliphatic heterocycles. The Morgan fingerprint density at radius 3 is 2.75 bits per heavy atom. The third kappa shape index (κ3) is 4.11. The van der Waals surface area contributed by atoms with Crippen LogP contribution in [0.5, 0.6) is 5.75 Å². The van der Waals surface area contributed by atoms with Crippen LogP contribution in [-0.4, -0.2) is 39.5 Å². The molecule has 0 aliphatic carbocycles. The van der Waals surface area contributed by atoms with E-state index in [2.05, 4.69) is 9.97 Å². The molecule has 0 spiro atoms. The number of nitrogens with zero attached hydrogens (tertiary/aromatic N) is 4. The van der Waals surface area contributed by atoms with Gasteiger partial charge in [-0.25, -0.2) is 15.0 Å². The average Bonchev–Trinajstić information content (AvgIpc) is 3.53. The Bertz CT molecular complexity index is 1270. The molecule has 8 heteroatoms. The van der Waals surface area contributed by atoms with Crippen molar-refractivity contribution >= 4 is 45.6 Å². The molecular weight excluding hydrogens is 440 g/mol. The fraction of sp³-hybridized carbons (Fsp3) is 0.167. The molecule has 0 fully saturated rings. The highest BCUT2D eigenvalue weighted by Crippen LogP contribution is 2.35. The minimum absolute atomic E-state index is 0.0509. The van der Waals surface area contributed by atoms with Crippen LogP contribution in [0.3, 0.4) is 0 Å². The zero-order chi connectivity index (χ0) is 21.9. The summed E-state index contributed by atoms with van der Waals surface area (Å²) in [4.78, 5) is 23.1. The van der Waals surface area contributed by atoms with Crippen LogP contribution in [-0.2, 0) is 4.79 Å². The molecule has 0 radical (unpaired) electrons. The maximum Gasteiger partial charge on any atom is 0.253 e. The summed E-state index contributed by atoms with van der Waals surface area (Å²) in [6.45, 7) is 0. The minimum atomic E-state index is -0.145. The molecular formula is C24H20N4O2S2. The lowest BCUT2D eigenvalue weighted by Crippen LogP contribution is -2.28. The maximum absolute atomic E-state index is 13.3. The Kier molecular flexibility index (Phi) is 5.87. The number of hydrazone groups is 1. The first kappa shape index (κ1) is 20.7. The predicted molar refractivity (Wildman–Crippen MR) is 128 cm³/mol. The molecule has 5 rings (SSSR count). The lowest BCUT2D eigenvalue weighted by Gasteiger charge is -2.22. The number of ether oxygens (including phenoxy) is 1. The Morgan fingerprint density at radius 1 is 1.12 bits per heavy atom. The van der Waals surface area contributed by atoms with E-state index in [-0.39, 0.29) is 17.7 Å². The standard InChI is InChI=1S/C24H20N4O2S2/c1-30-17-10-8-16(9-11-17)21-13-20(22-7-4-12-31-22)27-28(21)23(29)14-32-24-18-5-2-3-6-19(18)25-15-26-24/h2-12,15,21H,13-14H2,1H3. The monoisotopic (exact) mass is 460 g/mol. The van der Waals surface area contributed by atoms with Gasteiger partial charge in [0, 0.05) is 11.8 Å². The fourth-order valence-electron chi connectivity index (χ4n) is 3.71. The lowest BCUT2D eigenvalue weighted by molar-refractivity contribution is -0.130. The van der Waals surface area contributed by atoms with Crippen LogP contribution in [0, 0.1) is 0 Å². The molecule has 1 amide bonds. The van der Waals surface area contributed by atoms with E-state index in [0.29, 0.717) is 6.42 Å². The lowest BCUT2D eigenvalue weighted by atomic mass is 10.0. The molecule has 0 N–H and O–H groups in total. The van der Waals surface area contributed by atoms with E-state index < -0.39 is 0 Å². The van der Waals surface area contributed by atoms with E-state index in [4.69, 9.17) is 9.84 Å². The van der Waals surface area contributed by atoms with Crippen LogP contribution in [0.15, 0.2) is 82.5 Å². The molecule has 1 atom stereocenters. The van der Waals surface area contributed by atoms with Crippen LogP contribution < -0.4 is 4.74 Å². The van der Waals surface area contributed by atoms with E-state index >= 15 is 0 Å². The van der Waals surface area contributed by atoms with Gasteiger partial charge in [0.15, 0.2) is 0 Å². The van der Waals surface area contributed by atoms with Crippen molar-refractivity contribution in [3.05, 3.63) is 82.8 Å². The number of carbonyl (C=O) groups is 1. The molecule has 1 aliphatic rings. The summed E-state index contributed by atoms with van der Waals surface area (Å²) >= 11 is 3.06. The quantitative estimate of drug-likeness (QED) is 0.293. The molecule has 4 aromatic rings. The number of thiophene rings is 1. The predicted octanol–water partition coefficient (Wildman–Crippen LogP) is 5.17. The number of aromatic nitrogens is 2. The van der Waals surface area contributed by atoms with Crippen molar-refractivity contribution in [3.63, 3.8) is 0 Å². The number of thioether (sulfide) groups is 1. The molecule has 160 valence electrons. The van der Waals surface area contributed by atoms with Gasteiger partial charge in [-0.2, -0.15) is 5.10 Å². The van der Waals surface area contributed by atoms with Crippen molar-refractivity contribution in [2.75, 3.05) is 12.9 Å². The number of hydrogen-bond donors (Lipinski definition) is 0. The number of amides is 1. The van der Waals surface area contributed by atoms with E-state index in [1.165, 1.54) is 18.1 Å². The Hall–Kier alpha value is -3.23. The van der Waals surface area contributed by atoms with Gasteiger partial charge >= 0.3 is 0 Å². The molecule has 6 nitrogen and oxygen atoms in total. The van der Waals surface area contributed by atoms with E-state index in [1.54, 1.807) is 23.5 Å². The molecule has 0 saturated carbocycles. The van der Waals surface area contributed by atoms with Crippen LogP contribution in [0.1, 0.15) is 22.9 Å². The average molecular weight is 461 g/mol. The van der Waals surface area contributed by atoms with Gasteiger partial charge < -0.3 is 4.74 Å².